The van der Waals surface area contributed by atoms with E-state index in [9.17, 15) is 14.4 Å². The SMILES string of the molecule is COCCOCCOCCN(CCCC(=O)OC)c1cc(COc2cc3c(cc2OC)C(=O)C2c4ccccc4C[C@H]2C=N3)cc(COc2cc3c(cc2OC)C(=O)N2c4ccccc4C[C@H]2CN3C)c1. The van der Waals surface area contributed by atoms with Gasteiger partial charge in [-0.15, -0.1) is 0 Å². The number of hydrogen-bond donors (Lipinski definition) is 0. The molecule has 9 rings (SSSR count). The van der Waals surface area contributed by atoms with Gasteiger partial charge in [-0.05, 0) is 83.5 Å². The topological polar surface area (TPSA) is 147 Å². The van der Waals surface area contributed by atoms with E-state index < -0.39 is 0 Å². The number of aliphatic imine (C=N–C) groups is 1. The van der Waals surface area contributed by atoms with Crippen molar-refractivity contribution in [2.45, 2.75) is 50.9 Å². The molecule has 1 unspecified atom stereocenters. The molecule has 3 aliphatic heterocycles. The molecule has 5 aromatic carbocycles. The van der Waals surface area contributed by atoms with E-state index in [0.29, 0.717) is 98.9 Å². The van der Waals surface area contributed by atoms with E-state index in [0.717, 1.165) is 52.2 Å². The number of ether oxygens (including phenoxy) is 8. The van der Waals surface area contributed by atoms with Crippen LogP contribution in [0.25, 0.3) is 0 Å². The third-order valence-electron chi connectivity index (χ3n) is 13.7. The molecule has 0 saturated carbocycles. The fourth-order valence-electron chi connectivity index (χ4n) is 10.2. The van der Waals surface area contributed by atoms with E-state index in [2.05, 4.69) is 34.1 Å². The van der Waals surface area contributed by atoms with Crippen LogP contribution in [0.1, 0.15) is 67.3 Å². The molecule has 3 heterocycles. The second-order valence-electron chi connectivity index (χ2n) is 18.2. The number of rotatable bonds is 22. The first-order valence-electron chi connectivity index (χ1n) is 24.2. The molecule has 4 aliphatic rings. The molecule has 0 N–H and O–H groups in total. The van der Waals surface area contributed by atoms with E-state index in [1.54, 1.807) is 39.5 Å². The fourth-order valence-corrected chi connectivity index (χ4v) is 10.2. The summed E-state index contributed by atoms with van der Waals surface area (Å²) >= 11 is 0. The number of carbonyl (C=O) groups is 3. The van der Waals surface area contributed by atoms with Crippen LogP contribution >= 0.6 is 0 Å². The molecule has 0 spiro atoms. The second kappa shape index (κ2) is 22.4. The van der Waals surface area contributed by atoms with Crippen molar-refractivity contribution in [3.63, 3.8) is 0 Å². The summed E-state index contributed by atoms with van der Waals surface area (Å²) in [7, 11) is 8.17. The van der Waals surface area contributed by atoms with E-state index in [-0.39, 0.29) is 55.2 Å². The molecule has 0 bridgehead atoms. The zero-order valence-corrected chi connectivity index (χ0v) is 41.1. The smallest absolute Gasteiger partial charge is 0.305 e. The lowest BCUT2D eigenvalue weighted by atomic mass is 9.86. The van der Waals surface area contributed by atoms with Crippen molar-refractivity contribution in [2.75, 3.05) is 103 Å². The maximum absolute atomic E-state index is 14.3. The van der Waals surface area contributed by atoms with Crippen molar-refractivity contribution in [3.8, 4) is 23.0 Å². The van der Waals surface area contributed by atoms with Crippen molar-refractivity contribution < 1.29 is 52.3 Å². The lowest BCUT2D eigenvalue weighted by Gasteiger charge is -2.26. The molecule has 1 amide bonds. The van der Waals surface area contributed by atoms with Crippen molar-refractivity contribution in [1.29, 1.82) is 0 Å². The maximum atomic E-state index is 14.3. The number of esters is 1. The fraction of sp³-hybridized carbons (Fsp3) is 0.393. The highest BCUT2D eigenvalue weighted by atomic mass is 16.5. The number of carbonyl (C=O) groups excluding carboxylic acids is 3. The number of methoxy groups -OCH3 is 4. The van der Waals surface area contributed by atoms with Crippen LogP contribution in [0.15, 0.2) is 96.0 Å². The number of ketones is 1. The van der Waals surface area contributed by atoms with Gasteiger partial charge in [-0.2, -0.15) is 0 Å². The number of para-hydroxylation sites is 1. The summed E-state index contributed by atoms with van der Waals surface area (Å²) in [6, 6.07) is 29.6. The van der Waals surface area contributed by atoms with Crippen molar-refractivity contribution in [2.24, 2.45) is 10.9 Å². The number of likely N-dealkylation sites (N-methyl/N-ethyl adjacent to an activating group) is 1. The summed E-state index contributed by atoms with van der Waals surface area (Å²) in [5.41, 5.74) is 9.19. The molecule has 71 heavy (non-hydrogen) atoms. The van der Waals surface area contributed by atoms with Crippen LogP contribution in [-0.2, 0) is 49.8 Å². The normalized spacial score (nSPS) is 17.3. The van der Waals surface area contributed by atoms with Gasteiger partial charge in [0.15, 0.2) is 28.8 Å². The summed E-state index contributed by atoms with van der Waals surface area (Å²) in [4.78, 5) is 51.9. The molecule has 3 atom stereocenters. The van der Waals surface area contributed by atoms with Crippen LogP contribution in [0.3, 0.4) is 0 Å². The first-order chi connectivity index (χ1) is 34.7. The zero-order valence-electron chi connectivity index (χ0n) is 41.1. The molecule has 372 valence electrons. The predicted molar refractivity (Wildman–Crippen MR) is 271 cm³/mol. The number of Topliss-reactive ketones (excluding diaryl/α,β-unsaturated/α-hetero) is 1. The lowest BCUT2D eigenvalue weighted by Crippen LogP contribution is -2.41. The third kappa shape index (κ3) is 10.7. The Labute approximate surface area is 415 Å². The summed E-state index contributed by atoms with van der Waals surface area (Å²) in [6.07, 6.45) is 4.23. The van der Waals surface area contributed by atoms with E-state index in [4.69, 9.17) is 42.9 Å². The number of benzene rings is 5. The van der Waals surface area contributed by atoms with Gasteiger partial charge in [0.2, 0.25) is 0 Å². The molecule has 15 heteroatoms. The quantitative estimate of drug-likeness (QED) is 0.0486. The Morgan fingerprint density at radius 1 is 0.704 bits per heavy atom. The van der Waals surface area contributed by atoms with E-state index >= 15 is 0 Å². The number of nitrogens with zero attached hydrogens (tertiary/aromatic N) is 4. The Bertz CT molecular complexity index is 2780. The van der Waals surface area contributed by atoms with Crippen LogP contribution in [0.4, 0.5) is 22.7 Å². The summed E-state index contributed by atoms with van der Waals surface area (Å²) in [5, 5.41) is 0. The van der Waals surface area contributed by atoms with Gasteiger partial charge in [0.05, 0.1) is 83.3 Å². The Balaban J connectivity index is 0.998. The molecule has 5 aromatic rings. The predicted octanol–water partition coefficient (Wildman–Crippen LogP) is 8.18. The Hall–Kier alpha value is -6.94. The molecule has 0 fully saturated rings. The van der Waals surface area contributed by atoms with Gasteiger partial charge >= 0.3 is 5.97 Å². The number of amides is 1. The summed E-state index contributed by atoms with van der Waals surface area (Å²) in [6.45, 7) is 4.21. The standard InChI is InChI=1S/C56H62N4O11/c1-58-33-42-27-39-12-7-9-14-47(39)60(42)56(63)45-29-50(66-4)52(31-48(45)58)71-35-37-23-36(24-41(25-37)59(16-10-15-53(61)67-5)17-18-68-21-22-69-20-19-64-2)34-70-51-30-46-44(28-49(51)65-3)55(62)54-40(32-57-46)26-38-11-6-8-13-43(38)54/h6-9,11-14,23-25,28-32,40,42,54H,10,15-22,26-27,33-35H2,1-5H3/t40-,42-,54?/m0/s1. The van der Waals surface area contributed by atoms with E-state index in [1.165, 1.54) is 12.7 Å². The largest absolute Gasteiger partial charge is 0.493 e. The van der Waals surface area contributed by atoms with Gasteiger partial charge < -0.3 is 52.6 Å². The highest BCUT2D eigenvalue weighted by Crippen LogP contribution is 2.46. The first kappa shape index (κ1) is 49.1. The number of anilines is 3. The Morgan fingerprint density at radius 2 is 1.38 bits per heavy atom. The lowest BCUT2D eigenvalue weighted by molar-refractivity contribution is -0.140. The van der Waals surface area contributed by atoms with Gasteiger partial charge in [0.1, 0.15) is 13.2 Å². The average Bonchev–Trinajstić information content (AvgIpc) is 3.89. The van der Waals surface area contributed by atoms with Crippen molar-refractivity contribution in [1.82, 2.24) is 0 Å². The Morgan fingerprint density at radius 3 is 2.11 bits per heavy atom. The summed E-state index contributed by atoms with van der Waals surface area (Å²) < 4.78 is 46.7. The molecular formula is C56H62N4O11. The van der Waals surface area contributed by atoms with Gasteiger partial charge in [0.25, 0.3) is 5.91 Å². The molecule has 0 aromatic heterocycles. The first-order valence-corrected chi connectivity index (χ1v) is 24.2. The molecule has 0 radical (unpaired) electrons. The van der Waals surface area contributed by atoms with Crippen LogP contribution in [0.5, 0.6) is 23.0 Å². The number of hydrogen-bond acceptors (Lipinski definition) is 14. The minimum Gasteiger partial charge on any atom is -0.493 e. The maximum Gasteiger partial charge on any atom is 0.305 e. The van der Waals surface area contributed by atoms with Gasteiger partial charge in [-0.3, -0.25) is 19.4 Å². The average molecular weight is 967 g/mol. The monoisotopic (exact) mass is 966 g/mol. The molecule has 0 saturated heterocycles. The van der Waals surface area contributed by atoms with Crippen LogP contribution in [0, 0.1) is 5.92 Å². The zero-order chi connectivity index (χ0) is 49.4. The minimum absolute atomic E-state index is 0.00917. The highest BCUT2D eigenvalue weighted by molar-refractivity contribution is 6.12. The van der Waals surface area contributed by atoms with Gasteiger partial charge in [0, 0.05) is 81.4 Å². The summed E-state index contributed by atoms with van der Waals surface area (Å²) in [5.74, 6) is 1.11. The molecular weight excluding hydrogens is 905 g/mol. The Kier molecular flexibility index (Phi) is 15.5. The van der Waals surface area contributed by atoms with Crippen LogP contribution < -0.4 is 33.6 Å². The van der Waals surface area contributed by atoms with E-state index in [1.807, 2.05) is 66.7 Å². The molecule has 1 aliphatic carbocycles. The van der Waals surface area contributed by atoms with Crippen LogP contribution in [0.2, 0.25) is 0 Å². The van der Waals surface area contributed by atoms with Gasteiger partial charge in [-0.25, -0.2) is 0 Å². The number of fused-ring (bicyclic) bond motifs is 8. The van der Waals surface area contributed by atoms with Gasteiger partial charge in [-0.1, -0.05) is 42.5 Å². The van der Waals surface area contributed by atoms with Crippen molar-refractivity contribution in [3.05, 3.63) is 130 Å². The minimum atomic E-state index is -0.309. The van der Waals surface area contributed by atoms with Crippen molar-refractivity contribution >= 4 is 46.6 Å². The second-order valence-corrected chi connectivity index (χ2v) is 18.2. The van der Waals surface area contributed by atoms with Crippen LogP contribution in [-0.4, -0.2) is 118 Å². The molecule has 15 nitrogen and oxygen atoms in total. The highest BCUT2D eigenvalue weighted by Gasteiger charge is 2.41. The third-order valence-corrected chi connectivity index (χ3v) is 13.7.